The molecule has 3 atom stereocenters. The largest absolute Gasteiger partial charge is 0.469 e. The van der Waals surface area contributed by atoms with Crippen LogP contribution in [0.4, 0.5) is 0 Å². The summed E-state index contributed by atoms with van der Waals surface area (Å²) in [6, 6.07) is 10.3. The Kier molecular flexibility index (Phi) is 4.56. The van der Waals surface area contributed by atoms with Gasteiger partial charge in [-0.15, -0.1) is 0 Å². The number of likely N-dealkylation sites (N-methyl/N-ethyl adjacent to an activating group) is 1. The van der Waals surface area contributed by atoms with Crippen molar-refractivity contribution in [1.29, 1.82) is 0 Å². The molecule has 2 rings (SSSR count). The molecule has 1 aliphatic rings. The summed E-state index contributed by atoms with van der Waals surface area (Å²) in [5.41, 5.74) is 1.23. The molecule has 0 bridgehead atoms. The second-order valence-corrected chi connectivity index (χ2v) is 5.05. The van der Waals surface area contributed by atoms with E-state index in [9.17, 15) is 4.79 Å². The van der Waals surface area contributed by atoms with E-state index in [4.69, 9.17) is 9.47 Å². The monoisotopic (exact) mass is 263 g/mol. The van der Waals surface area contributed by atoms with Crippen LogP contribution in [0, 0.1) is 0 Å². The molecule has 1 aromatic carbocycles. The van der Waals surface area contributed by atoms with Crippen LogP contribution in [0.5, 0.6) is 0 Å². The molecule has 1 heterocycles. The van der Waals surface area contributed by atoms with E-state index in [1.54, 1.807) is 0 Å². The van der Waals surface area contributed by atoms with Gasteiger partial charge in [0.25, 0.3) is 0 Å². The molecule has 4 heteroatoms. The molecule has 0 amide bonds. The first-order valence-corrected chi connectivity index (χ1v) is 6.58. The molecule has 19 heavy (non-hydrogen) atoms. The predicted octanol–water partition coefficient (Wildman–Crippen LogP) is 1.84. The van der Waals surface area contributed by atoms with E-state index in [0.29, 0.717) is 6.42 Å². The van der Waals surface area contributed by atoms with Crippen LogP contribution in [-0.2, 0) is 20.8 Å². The Morgan fingerprint density at radius 3 is 2.58 bits per heavy atom. The highest BCUT2D eigenvalue weighted by atomic mass is 16.6. The first-order valence-electron chi connectivity index (χ1n) is 6.58. The highest BCUT2D eigenvalue weighted by molar-refractivity contribution is 5.70. The quantitative estimate of drug-likeness (QED) is 0.580. The van der Waals surface area contributed by atoms with E-state index in [-0.39, 0.29) is 24.2 Å². The molecule has 0 spiro atoms. The molecule has 1 fully saturated rings. The second kappa shape index (κ2) is 6.17. The van der Waals surface area contributed by atoms with Crippen molar-refractivity contribution in [2.24, 2.45) is 0 Å². The number of epoxide rings is 1. The molecule has 0 N–H and O–H groups in total. The molecule has 1 saturated heterocycles. The lowest BCUT2D eigenvalue weighted by Gasteiger charge is -2.26. The highest BCUT2D eigenvalue weighted by Crippen LogP contribution is 2.30. The summed E-state index contributed by atoms with van der Waals surface area (Å²) >= 11 is 0. The third-order valence-corrected chi connectivity index (χ3v) is 3.58. The van der Waals surface area contributed by atoms with E-state index in [1.807, 2.05) is 32.2 Å². The Morgan fingerprint density at radius 2 is 2.05 bits per heavy atom. The van der Waals surface area contributed by atoms with Gasteiger partial charge in [-0.2, -0.15) is 0 Å². The van der Waals surface area contributed by atoms with Crippen LogP contribution in [0.3, 0.4) is 0 Å². The zero-order valence-electron chi connectivity index (χ0n) is 11.7. The number of nitrogens with zero attached hydrogens (tertiary/aromatic N) is 1. The van der Waals surface area contributed by atoms with Gasteiger partial charge in [-0.1, -0.05) is 30.3 Å². The summed E-state index contributed by atoms with van der Waals surface area (Å²) in [5, 5.41) is 0. The Labute approximate surface area is 114 Å². The first-order chi connectivity index (χ1) is 9.11. The van der Waals surface area contributed by atoms with Crippen LogP contribution < -0.4 is 0 Å². The average Bonchev–Trinajstić information content (AvgIpc) is 3.13. The van der Waals surface area contributed by atoms with E-state index in [0.717, 1.165) is 6.54 Å². The van der Waals surface area contributed by atoms with Crippen molar-refractivity contribution in [3.05, 3.63) is 35.9 Å². The number of rotatable bonds is 6. The minimum Gasteiger partial charge on any atom is -0.469 e. The Bertz CT molecular complexity index is 421. The molecule has 0 aromatic heterocycles. The molecule has 104 valence electrons. The lowest BCUT2D eigenvalue weighted by molar-refractivity contribution is -0.142. The molecule has 0 unspecified atom stereocenters. The minimum absolute atomic E-state index is 0.0719. The summed E-state index contributed by atoms with van der Waals surface area (Å²) in [5.74, 6) is -0.187. The van der Waals surface area contributed by atoms with E-state index >= 15 is 0 Å². The number of hydrogen-bond donors (Lipinski definition) is 0. The molecule has 0 saturated carbocycles. The maximum absolute atomic E-state index is 11.5. The van der Waals surface area contributed by atoms with E-state index in [1.165, 1.54) is 12.7 Å². The van der Waals surface area contributed by atoms with Crippen LogP contribution in [0.2, 0.25) is 0 Å². The van der Waals surface area contributed by atoms with Gasteiger partial charge in [0, 0.05) is 12.6 Å². The third kappa shape index (κ3) is 3.78. The topological polar surface area (TPSA) is 42.1 Å². The van der Waals surface area contributed by atoms with Crippen molar-refractivity contribution < 1.29 is 14.3 Å². The fourth-order valence-electron chi connectivity index (χ4n) is 2.37. The summed E-state index contributed by atoms with van der Waals surface area (Å²) < 4.78 is 10.3. The number of esters is 1. The number of carbonyl (C=O) groups excluding carboxylic acids is 1. The number of benzene rings is 1. The van der Waals surface area contributed by atoms with Gasteiger partial charge in [0.05, 0.1) is 25.7 Å². The van der Waals surface area contributed by atoms with Crippen LogP contribution in [0.25, 0.3) is 0 Å². The number of hydrogen-bond acceptors (Lipinski definition) is 4. The third-order valence-electron chi connectivity index (χ3n) is 3.58. The number of ether oxygens (including phenoxy) is 2. The number of methoxy groups -OCH3 is 1. The average molecular weight is 263 g/mol. The van der Waals surface area contributed by atoms with Crippen molar-refractivity contribution in [1.82, 2.24) is 4.90 Å². The number of carbonyl (C=O) groups is 1. The van der Waals surface area contributed by atoms with Gasteiger partial charge in [-0.3, -0.25) is 9.69 Å². The second-order valence-electron chi connectivity index (χ2n) is 5.05. The van der Waals surface area contributed by atoms with Crippen molar-refractivity contribution in [2.45, 2.75) is 38.1 Å². The molecule has 4 nitrogen and oxygen atoms in total. The maximum Gasteiger partial charge on any atom is 0.307 e. The molecular formula is C15H21NO3. The van der Waals surface area contributed by atoms with Crippen LogP contribution in [0.1, 0.15) is 18.9 Å². The van der Waals surface area contributed by atoms with Gasteiger partial charge in [0.15, 0.2) is 0 Å². The van der Waals surface area contributed by atoms with Crippen molar-refractivity contribution in [2.75, 3.05) is 14.2 Å². The first kappa shape index (κ1) is 14.0. The minimum atomic E-state index is -0.187. The zero-order valence-corrected chi connectivity index (χ0v) is 11.7. The van der Waals surface area contributed by atoms with Gasteiger partial charge in [-0.05, 0) is 19.5 Å². The maximum atomic E-state index is 11.5. The molecule has 0 radical (unpaired) electrons. The van der Waals surface area contributed by atoms with Gasteiger partial charge in [0.1, 0.15) is 0 Å². The predicted molar refractivity (Wildman–Crippen MR) is 72.7 cm³/mol. The highest BCUT2D eigenvalue weighted by Gasteiger charge is 2.44. The Hall–Kier alpha value is -1.39. The molecule has 0 aliphatic carbocycles. The van der Waals surface area contributed by atoms with E-state index < -0.39 is 0 Å². The van der Waals surface area contributed by atoms with Crippen molar-refractivity contribution >= 4 is 5.97 Å². The van der Waals surface area contributed by atoms with Gasteiger partial charge in [0.2, 0.25) is 0 Å². The zero-order chi connectivity index (χ0) is 13.8. The fraction of sp³-hybridized carbons (Fsp3) is 0.533. The lowest BCUT2D eigenvalue weighted by Crippen LogP contribution is -2.38. The van der Waals surface area contributed by atoms with Gasteiger partial charge >= 0.3 is 5.97 Å². The summed E-state index contributed by atoms with van der Waals surface area (Å²) in [6.07, 6.45) is 0.732. The molecule has 1 aromatic rings. The Balaban J connectivity index is 1.99. The molecular weight excluding hydrogens is 242 g/mol. The lowest BCUT2D eigenvalue weighted by atomic mass is 10.1. The summed E-state index contributed by atoms with van der Waals surface area (Å²) in [4.78, 5) is 13.7. The SMILES string of the molecule is COC(=O)C[C@@H]([C@H]1O[C@@H]1C)N(C)Cc1ccccc1. The van der Waals surface area contributed by atoms with Gasteiger partial charge in [-0.25, -0.2) is 0 Å². The van der Waals surface area contributed by atoms with E-state index in [2.05, 4.69) is 17.0 Å². The summed E-state index contributed by atoms with van der Waals surface area (Å²) in [7, 11) is 3.45. The van der Waals surface area contributed by atoms with Crippen molar-refractivity contribution in [3.63, 3.8) is 0 Å². The summed E-state index contributed by atoms with van der Waals surface area (Å²) in [6.45, 7) is 2.83. The fourth-order valence-corrected chi connectivity index (χ4v) is 2.37. The van der Waals surface area contributed by atoms with Gasteiger partial charge < -0.3 is 9.47 Å². The smallest absolute Gasteiger partial charge is 0.307 e. The van der Waals surface area contributed by atoms with Crippen LogP contribution in [-0.4, -0.2) is 43.3 Å². The van der Waals surface area contributed by atoms with Crippen LogP contribution in [0.15, 0.2) is 30.3 Å². The Morgan fingerprint density at radius 1 is 1.42 bits per heavy atom. The normalized spacial score (nSPS) is 23.2. The standard InChI is InChI=1S/C15H21NO3/c1-11-15(19-11)13(9-14(17)18-3)16(2)10-12-7-5-4-6-8-12/h4-8,11,13,15H,9-10H2,1-3H3/t11-,13+,15+/m1/s1. The molecule has 1 aliphatic heterocycles. The van der Waals surface area contributed by atoms with Crippen molar-refractivity contribution in [3.8, 4) is 0 Å². The van der Waals surface area contributed by atoms with Crippen LogP contribution >= 0.6 is 0 Å².